The molecule has 0 fully saturated rings. The summed E-state index contributed by atoms with van der Waals surface area (Å²) in [6, 6.07) is 16.5. The number of alkyl carbamates (subject to hydrolysis) is 1. The second kappa shape index (κ2) is 27.8. The molecule has 2 aromatic rings. The van der Waals surface area contributed by atoms with Crippen molar-refractivity contribution in [3.8, 4) is 11.1 Å². The number of amides is 2. The van der Waals surface area contributed by atoms with Gasteiger partial charge in [0.05, 0.1) is 6.04 Å². The third-order valence-corrected chi connectivity index (χ3v) is 8.96. The summed E-state index contributed by atoms with van der Waals surface area (Å²) >= 11 is 0. The van der Waals surface area contributed by atoms with E-state index in [1.165, 1.54) is 93.0 Å². The Morgan fingerprint density at radius 2 is 1.24 bits per heavy atom. The summed E-state index contributed by atoms with van der Waals surface area (Å²) < 4.78 is 5.24. The summed E-state index contributed by atoms with van der Waals surface area (Å²) in [6.07, 6.45) is 13.0. The summed E-state index contributed by atoms with van der Waals surface area (Å²) in [5, 5.41) is 8.34. The molecule has 0 heterocycles. The molecule has 278 valence electrons. The molecule has 49 heavy (non-hydrogen) atoms. The van der Waals surface area contributed by atoms with Crippen molar-refractivity contribution in [3.63, 3.8) is 0 Å². The number of likely N-dealkylation sites (N-methyl/N-ethyl adjacent to an activating group) is 3. The zero-order chi connectivity index (χ0) is 36.3. The van der Waals surface area contributed by atoms with Gasteiger partial charge in [0.2, 0.25) is 5.91 Å². The molecular formula is C40H70N6O3. The number of rotatable bonds is 21. The van der Waals surface area contributed by atoms with E-state index in [1.807, 2.05) is 31.2 Å². The molecule has 0 spiro atoms. The third kappa shape index (κ3) is 18.5. The number of hydrogen-bond donors (Lipinski definition) is 4. The highest BCUT2D eigenvalue weighted by atomic mass is 16.5. The van der Waals surface area contributed by atoms with E-state index in [0.29, 0.717) is 6.61 Å². The van der Waals surface area contributed by atoms with Crippen LogP contribution in [-0.2, 0) is 9.53 Å². The molecule has 1 atom stereocenters. The number of fused-ring (bicyclic) bond motifs is 3. The van der Waals surface area contributed by atoms with E-state index in [-0.39, 0.29) is 24.0 Å². The lowest BCUT2D eigenvalue weighted by molar-refractivity contribution is -0.122. The SMILES string of the molecule is CCCCCCCN(C)CCN.CCCCCCCN(C)CCNC(=O)[C@H](C)NC.CNC(=O)OCC1c2ccccc2-c2ccccc21. The molecule has 0 aliphatic heterocycles. The number of nitrogens with two attached hydrogens (primary N) is 1. The highest BCUT2D eigenvalue weighted by molar-refractivity contribution is 5.81. The van der Waals surface area contributed by atoms with Crippen LogP contribution in [0.3, 0.4) is 0 Å². The molecule has 2 amide bonds. The Bertz CT molecular complexity index is 1100. The fraction of sp³-hybridized carbons (Fsp3) is 0.650. The van der Waals surface area contributed by atoms with E-state index in [4.69, 9.17) is 10.5 Å². The van der Waals surface area contributed by atoms with Gasteiger partial charge in [0.25, 0.3) is 0 Å². The average Bonchev–Trinajstić information content (AvgIpc) is 3.44. The lowest BCUT2D eigenvalue weighted by Gasteiger charge is -2.17. The highest BCUT2D eigenvalue weighted by Gasteiger charge is 2.28. The van der Waals surface area contributed by atoms with Crippen molar-refractivity contribution in [3.05, 3.63) is 59.7 Å². The Kier molecular flexibility index (Phi) is 25.0. The van der Waals surface area contributed by atoms with Crippen LogP contribution in [0, 0.1) is 0 Å². The minimum absolute atomic E-state index is 0.0776. The lowest BCUT2D eigenvalue weighted by atomic mass is 9.98. The molecule has 0 saturated heterocycles. The van der Waals surface area contributed by atoms with Crippen molar-refractivity contribution in [1.82, 2.24) is 25.8 Å². The summed E-state index contributed by atoms with van der Waals surface area (Å²) in [5.41, 5.74) is 10.4. The smallest absolute Gasteiger partial charge is 0.406 e. The molecular weight excluding hydrogens is 612 g/mol. The number of nitrogens with one attached hydrogen (secondary N) is 3. The fourth-order valence-corrected chi connectivity index (χ4v) is 5.74. The quantitative estimate of drug-likeness (QED) is 0.110. The van der Waals surface area contributed by atoms with Gasteiger partial charge < -0.3 is 36.2 Å². The van der Waals surface area contributed by atoms with Crippen LogP contribution in [0.4, 0.5) is 4.79 Å². The number of hydrogen-bond acceptors (Lipinski definition) is 7. The predicted octanol–water partition coefficient (Wildman–Crippen LogP) is 6.61. The monoisotopic (exact) mass is 683 g/mol. The number of unbranched alkanes of at least 4 members (excludes halogenated alkanes) is 8. The first-order chi connectivity index (χ1) is 23.7. The molecule has 0 radical (unpaired) electrons. The molecule has 0 bridgehead atoms. The minimum Gasteiger partial charge on any atom is -0.449 e. The predicted molar refractivity (Wildman–Crippen MR) is 207 cm³/mol. The van der Waals surface area contributed by atoms with Crippen molar-refractivity contribution < 1.29 is 14.3 Å². The van der Waals surface area contributed by atoms with Gasteiger partial charge in [0.1, 0.15) is 6.61 Å². The Morgan fingerprint density at radius 1 is 0.755 bits per heavy atom. The topological polar surface area (TPSA) is 112 Å². The first kappa shape index (κ1) is 44.0. The van der Waals surface area contributed by atoms with Crippen molar-refractivity contribution in [2.24, 2.45) is 5.73 Å². The van der Waals surface area contributed by atoms with E-state index >= 15 is 0 Å². The van der Waals surface area contributed by atoms with E-state index in [0.717, 1.165) is 32.7 Å². The van der Waals surface area contributed by atoms with Crippen molar-refractivity contribution in [2.75, 3.05) is 74.1 Å². The number of ether oxygens (including phenoxy) is 1. The molecule has 0 unspecified atom stereocenters. The molecule has 5 N–H and O–H groups in total. The zero-order valence-corrected chi connectivity index (χ0v) is 32.0. The summed E-state index contributed by atoms with van der Waals surface area (Å²) in [6.45, 7) is 12.5. The van der Waals surface area contributed by atoms with E-state index < -0.39 is 0 Å². The number of nitrogens with zero attached hydrogens (tertiary/aromatic N) is 2. The van der Waals surface area contributed by atoms with Crippen molar-refractivity contribution in [1.29, 1.82) is 0 Å². The van der Waals surface area contributed by atoms with Crippen LogP contribution >= 0.6 is 0 Å². The second-order valence-electron chi connectivity index (χ2n) is 13.1. The van der Waals surface area contributed by atoms with Crippen molar-refractivity contribution >= 4 is 12.0 Å². The maximum atomic E-state index is 11.5. The maximum absolute atomic E-state index is 11.5. The minimum atomic E-state index is -0.387. The number of carbonyl (C=O) groups is 2. The fourth-order valence-electron chi connectivity index (χ4n) is 5.74. The summed E-state index contributed by atoms with van der Waals surface area (Å²) in [5.74, 6) is 0.207. The van der Waals surface area contributed by atoms with Gasteiger partial charge in [-0.25, -0.2) is 4.79 Å². The average molecular weight is 683 g/mol. The molecule has 9 nitrogen and oxygen atoms in total. The third-order valence-electron chi connectivity index (χ3n) is 8.96. The van der Waals surface area contributed by atoms with Crippen LogP contribution in [0.15, 0.2) is 48.5 Å². The highest BCUT2D eigenvalue weighted by Crippen LogP contribution is 2.44. The standard InChI is InChI=1S/C16H15NO2.C14H31N3O.C10H24N2/c1-17-16(18)19-10-15-13-8-4-2-6-11(13)12-7-3-5-9-14(12)15;1-5-6-7-8-9-11-17(4)12-10-16-14(18)13(2)15-3;1-3-4-5-6-7-9-12(2)10-8-11/h2-9,15H,10H2,1H3,(H,17,18);13,15H,5-12H2,1-4H3,(H,16,18);3-11H2,1-2H3/t;13-;/m.0./s1. The van der Waals surface area contributed by atoms with Crippen molar-refractivity contribution in [2.45, 2.75) is 96.9 Å². The van der Waals surface area contributed by atoms with Crippen LogP contribution in [0.1, 0.15) is 102 Å². The van der Waals surface area contributed by atoms with Gasteiger partial charge in [-0.05, 0) is 76.3 Å². The van der Waals surface area contributed by atoms with Crippen LogP contribution in [0.5, 0.6) is 0 Å². The first-order valence-corrected chi connectivity index (χ1v) is 18.8. The molecule has 0 saturated carbocycles. The van der Waals surface area contributed by atoms with E-state index in [1.54, 1.807) is 14.1 Å². The summed E-state index contributed by atoms with van der Waals surface area (Å²) in [4.78, 5) is 27.4. The molecule has 2 aromatic carbocycles. The zero-order valence-electron chi connectivity index (χ0n) is 32.0. The Hall–Kier alpha value is -2.98. The van der Waals surface area contributed by atoms with Gasteiger partial charge in [0.15, 0.2) is 0 Å². The van der Waals surface area contributed by atoms with Gasteiger partial charge in [-0.2, -0.15) is 0 Å². The number of carbonyl (C=O) groups excluding carboxylic acids is 2. The second-order valence-corrected chi connectivity index (χ2v) is 13.1. The van der Waals surface area contributed by atoms with Gasteiger partial charge in [0, 0.05) is 39.1 Å². The normalized spacial score (nSPS) is 12.3. The van der Waals surface area contributed by atoms with Gasteiger partial charge in [-0.15, -0.1) is 0 Å². The van der Waals surface area contributed by atoms with Crippen LogP contribution in [0.25, 0.3) is 11.1 Å². The van der Waals surface area contributed by atoms with Gasteiger partial charge >= 0.3 is 6.09 Å². The molecule has 1 aliphatic rings. The van der Waals surface area contributed by atoms with Gasteiger partial charge in [-0.3, -0.25) is 4.79 Å². The molecule has 0 aromatic heterocycles. The molecule has 9 heteroatoms. The van der Waals surface area contributed by atoms with Crippen LogP contribution in [-0.4, -0.2) is 102 Å². The Labute approximate surface area is 299 Å². The summed E-state index contributed by atoms with van der Waals surface area (Å²) in [7, 11) is 7.63. The Morgan fingerprint density at radius 3 is 1.71 bits per heavy atom. The first-order valence-electron chi connectivity index (χ1n) is 18.8. The van der Waals surface area contributed by atoms with Crippen LogP contribution in [0.2, 0.25) is 0 Å². The van der Waals surface area contributed by atoms with Crippen LogP contribution < -0.4 is 21.7 Å². The Balaban J connectivity index is 0.000000379. The largest absolute Gasteiger partial charge is 0.449 e. The van der Waals surface area contributed by atoms with E-state index in [2.05, 4.69) is 78.0 Å². The number of benzene rings is 2. The maximum Gasteiger partial charge on any atom is 0.406 e. The van der Waals surface area contributed by atoms with Gasteiger partial charge in [-0.1, -0.05) is 114 Å². The molecule has 1 aliphatic carbocycles. The van der Waals surface area contributed by atoms with E-state index in [9.17, 15) is 9.59 Å². The molecule has 3 rings (SSSR count). The lowest BCUT2D eigenvalue weighted by Crippen LogP contribution is -2.43.